The minimum absolute atomic E-state index is 0.138. The van der Waals surface area contributed by atoms with E-state index in [-0.39, 0.29) is 17.6 Å². The molecule has 1 atom stereocenters. The third-order valence-corrected chi connectivity index (χ3v) is 4.23. The van der Waals surface area contributed by atoms with Crippen LogP contribution in [0.25, 0.3) is 0 Å². The molecule has 120 valence electrons. The van der Waals surface area contributed by atoms with Crippen LogP contribution in [0.2, 0.25) is 0 Å². The van der Waals surface area contributed by atoms with Gasteiger partial charge in [0.25, 0.3) is 5.91 Å². The highest BCUT2D eigenvalue weighted by Gasteiger charge is 2.26. The summed E-state index contributed by atoms with van der Waals surface area (Å²) in [5, 5.41) is 0. The van der Waals surface area contributed by atoms with E-state index in [0.29, 0.717) is 19.7 Å². The van der Waals surface area contributed by atoms with E-state index in [1.165, 1.54) is 6.07 Å². The van der Waals surface area contributed by atoms with Gasteiger partial charge < -0.3 is 9.64 Å². The molecule has 1 unspecified atom stereocenters. The molecule has 0 spiro atoms. The summed E-state index contributed by atoms with van der Waals surface area (Å²) in [6, 6.07) is 10.9. The van der Waals surface area contributed by atoms with Crippen molar-refractivity contribution in [3.05, 3.63) is 69.7 Å². The first kappa shape index (κ1) is 16.1. The Morgan fingerprint density at radius 3 is 2.74 bits per heavy atom. The number of amides is 1. The first-order valence-electron chi connectivity index (χ1n) is 7.16. The van der Waals surface area contributed by atoms with Gasteiger partial charge in [-0.25, -0.2) is 8.78 Å². The molecule has 23 heavy (non-hydrogen) atoms. The van der Waals surface area contributed by atoms with Crippen LogP contribution < -0.4 is 0 Å². The molecular weight excluding hydrogens is 368 g/mol. The molecule has 1 saturated heterocycles. The molecular formula is C17H14BrF2NO2. The highest BCUT2D eigenvalue weighted by molar-refractivity contribution is 9.10. The number of halogens is 3. The van der Waals surface area contributed by atoms with E-state index in [0.717, 1.165) is 22.2 Å². The predicted octanol–water partition coefficient (Wildman–Crippen LogP) is 3.94. The molecule has 0 N–H and O–H groups in total. The number of carbonyl (C=O) groups excluding carboxylic acids is 1. The summed E-state index contributed by atoms with van der Waals surface area (Å²) < 4.78 is 33.0. The van der Waals surface area contributed by atoms with Crippen LogP contribution in [-0.4, -0.2) is 30.5 Å². The number of rotatable bonds is 2. The van der Waals surface area contributed by atoms with Crippen molar-refractivity contribution in [2.75, 3.05) is 19.7 Å². The Hall–Kier alpha value is -1.79. The number of hydrogen-bond acceptors (Lipinski definition) is 2. The van der Waals surface area contributed by atoms with E-state index < -0.39 is 11.6 Å². The lowest BCUT2D eigenvalue weighted by molar-refractivity contribution is -0.0228. The van der Waals surface area contributed by atoms with Crippen molar-refractivity contribution < 1.29 is 18.3 Å². The quantitative estimate of drug-likeness (QED) is 0.788. The number of ether oxygens (including phenoxy) is 1. The summed E-state index contributed by atoms with van der Waals surface area (Å²) in [6.07, 6.45) is -0.240. The van der Waals surface area contributed by atoms with Crippen LogP contribution >= 0.6 is 15.9 Å². The Morgan fingerprint density at radius 2 is 2.00 bits per heavy atom. The van der Waals surface area contributed by atoms with E-state index in [1.807, 2.05) is 24.3 Å². The van der Waals surface area contributed by atoms with Crippen LogP contribution in [0.4, 0.5) is 8.78 Å². The second kappa shape index (κ2) is 6.76. The van der Waals surface area contributed by atoms with E-state index in [9.17, 15) is 13.6 Å². The van der Waals surface area contributed by atoms with Gasteiger partial charge in [-0.1, -0.05) is 28.1 Å². The lowest BCUT2D eigenvalue weighted by atomic mass is 10.1. The standard InChI is InChI=1S/C17H14BrF2NO2/c18-13-3-1-2-11(8-13)16-10-21(6-7-23-16)17(22)12-4-5-14(19)15(20)9-12/h1-5,8-9,16H,6-7,10H2. The number of carbonyl (C=O) groups is 1. The second-order valence-electron chi connectivity index (χ2n) is 5.29. The van der Waals surface area contributed by atoms with Crippen molar-refractivity contribution in [3.8, 4) is 0 Å². The third-order valence-electron chi connectivity index (χ3n) is 3.74. The maximum absolute atomic E-state index is 13.3. The zero-order chi connectivity index (χ0) is 16.4. The molecule has 0 bridgehead atoms. The summed E-state index contributed by atoms with van der Waals surface area (Å²) in [6.45, 7) is 1.18. The lowest BCUT2D eigenvalue weighted by Gasteiger charge is -2.33. The van der Waals surface area contributed by atoms with Gasteiger partial charge in [-0.15, -0.1) is 0 Å². The van der Waals surface area contributed by atoms with Gasteiger partial charge in [-0.05, 0) is 35.9 Å². The molecule has 0 saturated carbocycles. The van der Waals surface area contributed by atoms with Crippen molar-refractivity contribution >= 4 is 21.8 Å². The Labute approximate surface area is 141 Å². The summed E-state index contributed by atoms with van der Waals surface area (Å²) >= 11 is 3.41. The Balaban J connectivity index is 1.77. The lowest BCUT2D eigenvalue weighted by Crippen LogP contribution is -2.42. The van der Waals surface area contributed by atoms with Gasteiger partial charge in [0.15, 0.2) is 11.6 Å². The summed E-state index contributed by atoms with van der Waals surface area (Å²) in [7, 11) is 0. The first-order valence-corrected chi connectivity index (χ1v) is 7.95. The highest BCUT2D eigenvalue weighted by atomic mass is 79.9. The largest absolute Gasteiger partial charge is 0.370 e. The SMILES string of the molecule is O=C(c1ccc(F)c(F)c1)N1CCOC(c2cccc(Br)c2)C1. The fourth-order valence-corrected chi connectivity index (χ4v) is 2.97. The zero-order valence-electron chi connectivity index (χ0n) is 12.1. The normalized spacial score (nSPS) is 18.0. The van der Waals surface area contributed by atoms with Crippen molar-refractivity contribution in [2.45, 2.75) is 6.10 Å². The minimum atomic E-state index is -1.02. The third kappa shape index (κ3) is 3.59. The van der Waals surface area contributed by atoms with Crippen LogP contribution in [0.3, 0.4) is 0 Å². The highest BCUT2D eigenvalue weighted by Crippen LogP contribution is 2.25. The second-order valence-corrected chi connectivity index (χ2v) is 6.21. The smallest absolute Gasteiger partial charge is 0.254 e. The van der Waals surface area contributed by atoms with Crippen LogP contribution in [-0.2, 0) is 4.74 Å². The van der Waals surface area contributed by atoms with Gasteiger partial charge in [-0.3, -0.25) is 4.79 Å². The zero-order valence-corrected chi connectivity index (χ0v) is 13.7. The number of morpholine rings is 1. The van der Waals surface area contributed by atoms with Crippen molar-refractivity contribution in [1.82, 2.24) is 4.90 Å². The van der Waals surface area contributed by atoms with Crippen molar-refractivity contribution in [1.29, 1.82) is 0 Å². The van der Waals surface area contributed by atoms with Crippen LogP contribution in [0.5, 0.6) is 0 Å². The van der Waals surface area contributed by atoms with Gasteiger partial charge in [0, 0.05) is 16.6 Å². The van der Waals surface area contributed by atoms with Crippen LogP contribution in [0.15, 0.2) is 46.9 Å². The number of hydrogen-bond donors (Lipinski definition) is 0. The van der Waals surface area contributed by atoms with E-state index >= 15 is 0 Å². The molecule has 6 heteroatoms. The average molecular weight is 382 g/mol. The minimum Gasteiger partial charge on any atom is -0.370 e. The number of nitrogens with zero attached hydrogens (tertiary/aromatic N) is 1. The van der Waals surface area contributed by atoms with E-state index in [1.54, 1.807) is 4.90 Å². The Bertz CT molecular complexity index is 738. The molecule has 3 nitrogen and oxygen atoms in total. The monoisotopic (exact) mass is 381 g/mol. The summed E-state index contributed by atoms with van der Waals surface area (Å²) in [5.74, 6) is -2.31. The average Bonchev–Trinajstić information content (AvgIpc) is 2.57. The molecule has 0 aromatic heterocycles. The van der Waals surface area contributed by atoms with Gasteiger partial charge in [-0.2, -0.15) is 0 Å². The summed E-state index contributed by atoms with van der Waals surface area (Å²) in [4.78, 5) is 14.1. The van der Waals surface area contributed by atoms with E-state index in [4.69, 9.17) is 4.74 Å². The topological polar surface area (TPSA) is 29.5 Å². The fourth-order valence-electron chi connectivity index (χ4n) is 2.55. The molecule has 3 rings (SSSR count). The Kier molecular flexibility index (Phi) is 4.73. The molecule has 1 heterocycles. The molecule has 1 amide bonds. The maximum Gasteiger partial charge on any atom is 0.254 e. The molecule has 1 aliphatic heterocycles. The summed E-state index contributed by atoms with van der Waals surface area (Å²) in [5.41, 5.74) is 1.10. The maximum atomic E-state index is 13.3. The molecule has 0 radical (unpaired) electrons. The molecule has 2 aromatic rings. The predicted molar refractivity (Wildman–Crippen MR) is 85.1 cm³/mol. The van der Waals surface area contributed by atoms with Crippen molar-refractivity contribution in [2.24, 2.45) is 0 Å². The molecule has 2 aromatic carbocycles. The van der Waals surface area contributed by atoms with Crippen molar-refractivity contribution in [3.63, 3.8) is 0 Å². The molecule has 0 aliphatic carbocycles. The Morgan fingerprint density at radius 1 is 1.17 bits per heavy atom. The van der Waals surface area contributed by atoms with Gasteiger partial charge >= 0.3 is 0 Å². The number of benzene rings is 2. The van der Waals surface area contributed by atoms with Gasteiger partial charge in [0.2, 0.25) is 0 Å². The van der Waals surface area contributed by atoms with Crippen LogP contribution in [0.1, 0.15) is 22.0 Å². The van der Waals surface area contributed by atoms with E-state index in [2.05, 4.69) is 15.9 Å². The van der Waals surface area contributed by atoms with Gasteiger partial charge in [0.05, 0.1) is 13.2 Å². The molecule has 1 fully saturated rings. The fraction of sp³-hybridized carbons (Fsp3) is 0.235. The first-order chi connectivity index (χ1) is 11.0. The molecule has 1 aliphatic rings. The van der Waals surface area contributed by atoms with Gasteiger partial charge in [0.1, 0.15) is 6.10 Å². The van der Waals surface area contributed by atoms with Crippen LogP contribution in [0, 0.1) is 11.6 Å².